The van der Waals surface area contributed by atoms with Crippen molar-refractivity contribution in [1.29, 1.82) is 0 Å². The summed E-state index contributed by atoms with van der Waals surface area (Å²) >= 11 is 2.44. The third-order valence-corrected chi connectivity index (χ3v) is 3.71. The number of carbonyl (C=O) groups is 1. The van der Waals surface area contributed by atoms with Crippen LogP contribution in [0.15, 0.2) is 21.8 Å². The van der Waals surface area contributed by atoms with E-state index in [0.29, 0.717) is 5.92 Å². The van der Waals surface area contributed by atoms with Crippen molar-refractivity contribution in [3.05, 3.63) is 21.8 Å². The average Bonchev–Trinajstić information content (AvgIpc) is 2.25. The molecule has 0 amide bonds. The van der Waals surface area contributed by atoms with Crippen LogP contribution in [-0.2, 0) is 4.79 Å². The van der Waals surface area contributed by atoms with E-state index in [1.54, 1.807) is 6.08 Å². The quantitative estimate of drug-likeness (QED) is 0.686. The average molecular weight is 318 g/mol. The highest BCUT2D eigenvalue weighted by Gasteiger charge is 2.11. The second kappa shape index (κ2) is 7.20. The summed E-state index contributed by atoms with van der Waals surface area (Å²) in [4.78, 5) is 11.0. The van der Waals surface area contributed by atoms with Gasteiger partial charge in [0.1, 0.15) is 0 Å². The van der Waals surface area contributed by atoms with Gasteiger partial charge in [0.2, 0.25) is 0 Å². The van der Waals surface area contributed by atoms with Crippen LogP contribution in [0.25, 0.3) is 0 Å². The molecule has 0 aromatic rings. The molecule has 0 fully saturated rings. The summed E-state index contributed by atoms with van der Waals surface area (Å²) in [6, 6.07) is 0. The van der Waals surface area contributed by atoms with Crippen LogP contribution in [0.4, 0.5) is 0 Å². The van der Waals surface area contributed by atoms with Crippen LogP contribution < -0.4 is 0 Å². The molecule has 0 bridgehead atoms. The van der Waals surface area contributed by atoms with Gasteiger partial charge in [-0.1, -0.05) is 25.5 Å². The van der Waals surface area contributed by atoms with Gasteiger partial charge in [0.05, 0.1) is 0 Å². The zero-order valence-corrected chi connectivity index (χ0v) is 11.5. The summed E-state index contributed by atoms with van der Waals surface area (Å²) in [5.41, 5.74) is 0. The van der Waals surface area contributed by atoms with Gasteiger partial charge in [-0.15, -0.1) is 0 Å². The minimum Gasteiger partial charge on any atom is -0.295 e. The second-order valence-corrected chi connectivity index (χ2v) is 5.50. The van der Waals surface area contributed by atoms with Crippen molar-refractivity contribution in [1.82, 2.24) is 0 Å². The molecule has 0 radical (unpaired) electrons. The van der Waals surface area contributed by atoms with Gasteiger partial charge < -0.3 is 0 Å². The highest BCUT2D eigenvalue weighted by molar-refractivity contribution is 14.1. The zero-order valence-electron chi connectivity index (χ0n) is 9.34. The van der Waals surface area contributed by atoms with Crippen molar-refractivity contribution in [3.63, 3.8) is 0 Å². The lowest BCUT2D eigenvalue weighted by Gasteiger charge is -2.13. The number of allylic oxidation sites excluding steroid dienone is 4. The van der Waals surface area contributed by atoms with Crippen molar-refractivity contribution in [2.45, 2.75) is 45.4 Å². The lowest BCUT2D eigenvalue weighted by atomic mass is 9.92. The molecule has 1 unspecified atom stereocenters. The molecule has 1 nitrogen and oxygen atoms in total. The van der Waals surface area contributed by atoms with Crippen LogP contribution in [-0.4, -0.2) is 5.78 Å². The Bertz CT molecular complexity index is 266. The van der Waals surface area contributed by atoms with Crippen LogP contribution in [0.5, 0.6) is 0 Å². The molecule has 0 spiro atoms. The Hall–Kier alpha value is -0.120. The molecular weight excluding hydrogens is 299 g/mol. The molecule has 1 atom stereocenters. The van der Waals surface area contributed by atoms with E-state index in [9.17, 15) is 4.79 Å². The molecule has 1 aliphatic rings. The number of unbranched alkanes of at least 4 members (excludes halogenated alkanes) is 1. The third-order valence-electron chi connectivity index (χ3n) is 2.73. The Morgan fingerprint density at radius 2 is 2.47 bits per heavy atom. The standard InChI is InChI=1S/C13H19IO/c1-2-3-4-12(14)8-5-11-6-9-13(15)10-7-11/h6,8-9,11H,2-5,7,10H2,1H3/b12-8-. The maximum Gasteiger partial charge on any atom is 0.155 e. The number of hydrogen-bond acceptors (Lipinski definition) is 1. The summed E-state index contributed by atoms with van der Waals surface area (Å²) in [5, 5.41) is 0. The molecule has 0 N–H and O–H groups in total. The van der Waals surface area contributed by atoms with Crippen molar-refractivity contribution in [2.24, 2.45) is 5.92 Å². The first-order valence-electron chi connectivity index (χ1n) is 5.78. The van der Waals surface area contributed by atoms with Gasteiger partial charge >= 0.3 is 0 Å². The molecule has 0 saturated heterocycles. The van der Waals surface area contributed by atoms with Crippen LogP contribution in [0.3, 0.4) is 0 Å². The number of ketones is 1. The van der Waals surface area contributed by atoms with Crippen molar-refractivity contribution in [2.75, 3.05) is 0 Å². The van der Waals surface area contributed by atoms with Gasteiger partial charge in [0.15, 0.2) is 5.78 Å². The topological polar surface area (TPSA) is 17.1 Å². The summed E-state index contributed by atoms with van der Waals surface area (Å²) in [6.45, 7) is 2.22. The molecule has 0 aliphatic heterocycles. The number of rotatable bonds is 5. The number of hydrogen-bond donors (Lipinski definition) is 0. The van der Waals surface area contributed by atoms with Crippen LogP contribution >= 0.6 is 22.6 Å². The van der Waals surface area contributed by atoms with E-state index >= 15 is 0 Å². The molecular formula is C13H19IO. The summed E-state index contributed by atoms with van der Waals surface area (Å²) in [5.74, 6) is 0.880. The lowest BCUT2D eigenvalue weighted by Crippen LogP contribution is -2.06. The molecule has 0 aromatic heterocycles. The van der Waals surface area contributed by atoms with Crippen LogP contribution in [0.2, 0.25) is 0 Å². The fourth-order valence-electron chi connectivity index (χ4n) is 1.67. The van der Waals surface area contributed by atoms with E-state index in [1.807, 2.05) is 0 Å². The van der Waals surface area contributed by atoms with E-state index in [0.717, 1.165) is 19.3 Å². The molecule has 84 valence electrons. The molecule has 0 saturated carbocycles. The van der Waals surface area contributed by atoms with Gasteiger partial charge in [-0.2, -0.15) is 0 Å². The van der Waals surface area contributed by atoms with Gasteiger partial charge in [-0.05, 0) is 63.8 Å². The maximum absolute atomic E-state index is 11.0. The first kappa shape index (κ1) is 12.9. The molecule has 0 aromatic carbocycles. The Balaban J connectivity index is 2.29. The Morgan fingerprint density at radius 1 is 1.67 bits per heavy atom. The largest absolute Gasteiger partial charge is 0.295 e. The normalized spacial score (nSPS) is 22.1. The fourth-order valence-corrected chi connectivity index (χ4v) is 2.31. The summed E-state index contributed by atoms with van der Waals surface area (Å²) in [6.07, 6.45) is 12.8. The fraction of sp³-hybridized carbons (Fsp3) is 0.615. The van der Waals surface area contributed by atoms with Crippen molar-refractivity contribution >= 4 is 28.4 Å². The minimum atomic E-state index is 0.288. The Kier molecular flexibility index (Phi) is 6.22. The van der Waals surface area contributed by atoms with E-state index in [2.05, 4.69) is 41.7 Å². The third kappa shape index (κ3) is 5.50. The Labute approximate surface area is 106 Å². The van der Waals surface area contributed by atoms with Gasteiger partial charge in [0, 0.05) is 6.42 Å². The van der Waals surface area contributed by atoms with E-state index in [4.69, 9.17) is 0 Å². The van der Waals surface area contributed by atoms with E-state index in [-0.39, 0.29) is 5.78 Å². The molecule has 1 aliphatic carbocycles. The highest BCUT2D eigenvalue weighted by Crippen LogP contribution is 2.22. The first-order valence-corrected chi connectivity index (χ1v) is 6.85. The lowest BCUT2D eigenvalue weighted by molar-refractivity contribution is -0.115. The van der Waals surface area contributed by atoms with E-state index in [1.165, 1.54) is 22.8 Å². The second-order valence-electron chi connectivity index (χ2n) is 4.11. The van der Waals surface area contributed by atoms with Crippen LogP contribution in [0, 0.1) is 5.92 Å². The first-order chi connectivity index (χ1) is 7.22. The number of halogens is 1. The molecule has 2 heteroatoms. The Morgan fingerprint density at radius 3 is 3.07 bits per heavy atom. The van der Waals surface area contributed by atoms with Crippen LogP contribution in [0.1, 0.15) is 45.4 Å². The van der Waals surface area contributed by atoms with Gasteiger partial charge in [0.25, 0.3) is 0 Å². The number of carbonyl (C=O) groups excluding carboxylic acids is 1. The molecule has 1 rings (SSSR count). The van der Waals surface area contributed by atoms with Crippen molar-refractivity contribution < 1.29 is 4.79 Å². The zero-order chi connectivity index (χ0) is 11.1. The maximum atomic E-state index is 11.0. The predicted molar refractivity (Wildman–Crippen MR) is 73.1 cm³/mol. The van der Waals surface area contributed by atoms with Gasteiger partial charge in [-0.3, -0.25) is 4.79 Å². The minimum absolute atomic E-state index is 0.288. The highest BCUT2D eigenvalue weighted by atomic mass is 127. The smallest absolute Gasteiger partial charge is 0.155 e. The monoisotopic (exact) mass is 318 g/mol. The summed E-state index contributed by atoms with van der Waals surface area (Å²) < 4.78 is 1.47. The summed E-state index contributed by atoms with van der Waals surface area (Å²) in [7, 11) is 0. The predicted octanol–water partition coefficient (Wildman–Crippen LogP) is 4.42. The molecule has 15 heavy (non-hydrogen) atoms. The van der Waals surface area contributed by atoms with Crippen molar-refractivity contribution in [3.8, 4) is 0 Å². The SMILES string of the molecule is CCCC/C(I)=C/CC1C=CC(=O)CC1. The van der Waals surface area contributed by atoms with Gasteiger partial charge in [-0.25, -0.2) is 0 Å². The molecule has 0 heterocycles. The van der Waals surface area contributed by atoms with E-state index < -0.39 is 0 Å².